The molecule has 0 radical (unpaired) electrons. The third kappa shape index (κ3) is 17.2. The van der Waals surface area contributed by atoms with Gasteiger partial charge in [0.1, 0.15) is 25.4 Å². The average molecular weight is 1160 g/mol. The summed E-state index contributed by atoms with van der Waals surface area (Å²) in [6, 6.07) is 14.4. The van der Waals surface area contributed by atoms with E-state index in [1.54, 1.807) is 24.3 Å². The summed E-state index contributed by atoms with van der Waals surface area (Å²) >= 11 is 0. The quantitative estimate of drug-likeness (QED) is 0.0164. The lowest BCUT2D eigenvalue weighted by atomic mass is 9.82. The van der Waals surface area contributed by atoms with E-state index in [9.17, 15) is 28.8 Å². The molecule has 0 fully saturated rings. The van der Waals surface area contributed by atoms with Crippen LogP contribution in [0.25, 0.3) is 43.1 Å². The number of rotatable bonds is 36. The highest BCUT2D eigenvalue weighted by Crippen LogP contribution is 2.46. The Bertz CT molecular complexity index is 2660. The number of fused-ring (bicyclic) bond motifs is 2. The first kappa shape index (κ1) is 65.8. The Labute approximate surface area is 502 Å². The van der Waals surface area contributed by atoms with Crippen LogP contribution in [0.5, 0.6) is 0 Å². The van der Waals surface area contributed by atoms with Crippen LogP contribution in [-0.2, 0) is 18.9 Å². The maximum atomic E-state index is 14.4. The third-order valence-electron chi connectivity index (χ3n) is 18.2. The molecule has 7 rings (SSSR count). The summed E-state index contributed by atoms with van der Waals surface area (Å²) in [5.74, 6) is 2.85. The van der Waals surface area contributed by atoms with Crippen molar-refractivity contribution in [3.05, 3.63) is 70.8 Å². The van der Waals surface area contributed by atoms with E-state index in [0.717, 1.165) is 119 Å². The maximum absolute atomic E-state index is 14.4. The minimum absolute atomic E-state index is 0.137. The maximum Gasteiger partial charge on any atom is 0.508 e. The molecule has 460 valence electrons. The first-order valence-corrected chi connectivity index (χ1v) is 32.7. The molecule has 4 amide bonds. The lowest BCUT2D eigenvalue weighted by Crippen LogP contribution is -2.42. The molecule has 0 N–H and O–H groups in total. The summed E-state index contributed by atoms with van der Waals surface area (Å²) in [6.45, 7) is 26.4. The minimum atomic E-state index is -0.785. The van der Waals surface area contributed by atoms with Gasteiger partial charge in [-0.2, -0.15) is 0 Å². The van der Waals surface area contributed by atoms with Crippen molar-refractivity contribution >= 4 is 79.0 Å². The Balaban J connectivity index is 1.00. The second-order valence-electron chi connectivity index (χ2n) is 27.4. The third-order valence-corrected chi connectivity index (χ3v) is 18.2. The largest absolute Gasteiger partial charge is 0.508 e. The predicted molar refractivity (Wildman–Crippen MR) is 339 cm³/mol. The standard InChI is InChI=1S/C72H102N2O10/c1-45(2)17-13-21-49(9)25-29-53(30-26-50(10)22-14-18-46(3)4)83-71(79)81-43-41-73-67(75)59-37-33-55-57-35-39-61-66-62(40-36-58(64(57)66)56-34-38-60(68(73)76)65(59)63(55)56)70(78)74(69(61)77)42-44-82-72(80)84-54(31-27-51(11)23-15-19-47(5)6)32-28-52(12)24-16-20-48(7)8/h33-40,45-54H,13-32,41-44H2,1-12H3/t49-,50-,51-,52-/m0/s1. The zero-order chi connectivity index (χ0) is 60.8. The van der Waals surface area contributed by atoms with E-state index in [4.69, 9.17) is 18.9 Å². The van der Waals surface area contributed by atoms with Gasteiger partial charge in [0, 0.05) is 33.0 Å². The molecule has 0 bridgehead atoms. The summed E-state index contributed by atoms with van der Waals surface area (Å²) in [4.78, 5) is 86.4. The Morgan fingerprint density at radius 1 is 0.333 bits per heavy atom. The van der Waals surface area contributed by atoms with E-state index >= 15 is 0 Å². The van der Waals surface area contributed by atoms with E-state index in [1.807, 2.05) is 24.3 Å². The lowest BCUT2D eigenvalue weighted by molar-refractivity contribution is 0.00917. The van der Waals surface area contributed by atoms with Crippen molar-refractivity contribution in [3.8, 4) is 0 Å². The molecule has 0 aliphatic carbocycles. The number of amides is 4. The molecule has 2 heterocycles. The molecule has 5 aromatic rings. The highest BCUT2D eigenvalue weighted by Gasteiger charge is 2.37. The van der Waals surface area contributed by atoms with Crippen LogP contribution in [0.2, 0.25) is 0 Å². The number of carbonyl (C=O) groups is 6. The summed E-state index contributed by atoms with van der Waals surface area (Å²) in [6.07, 6.45) is 18.9. The van der Waals surface area contributed by atoms with Crippen molar-refractivity contribution in [3.63, 3.8) is 0 Å². The topological polar surface area (TPSA) is 146 Å². The molecule has 2 aliphatic rings. The molecule has 0 saturated carbocycles. The van der Waals surface area contributed by atoms with Gasteiger partial charge in [-0.15, -0.1) is 0 Å². The number of hydrogen-bond acceptors (Lipinski definition) is 10. The summed E-state index contributed by atoms with van der Waals surface area (Å²) < 4.78 is 23.2. The normalized spacial score (nSPS) is 15.2. The van der Waals surface area contributed by atoms with Gasteiger partial charge in [0.2, 0.25) is 0 Å². The molecule has 0 aromatic heterocycles. The van der Waals surface area contributed by atoms with Gasteiger partial charge in [-0.25, -0.2) is 9.59 Å². The number of benzene rings is 5. The SMILES string of the molecule is CC(C)CCC[C@H](C)CCC(CC[C@@H](C)CCCC(C)C)OC(=O)OCCN1C(=O)c2ccc3c4ccc5c6c(ccc(c7ccc(c2c37)C1=O)c64)C(=O)N(CCOC(=O)OC(CC[C@@H](C)CCCC(C)C)CC[C@@H](C)CCCC(C)C)C5=O. The molecule has 4 atom stereocenters. The van der Waals surface area contributed by atoms with E-state index < -0.39 is 35.9 Å². The molecule has 84 heavy (non-hydrogen) atoms. The highest BCUT2D eigenvalue weighted by molar-refractivity contribution is 6.41. The molecule has 0 spiro atoms. The van der Waals surface area contributed by atoms with Crippen LogP contribution >= 0.6 is 0 Å². The van der Waals surface area contributed by atoms with Gasteiger partial charge in [-0.1, -0.05) is 184 Å². The van der Waals surface area contributed by atoms with Crippen molar-refractivity contribution in [2.24, 2.45) is 47.3 Å². The fraction of sp³-hybridized carbons (Fsp3) is 0.639. The summed E-state index contributed by atoms with van der Waals surface area (Å²) in [5.41, 5.74) is 1.44. The van der Waals surface area contributed by atoms with Crippen molar-refractivity contribution in [2.45, 2.75) is 224 Å². The van der Waals surface area contributed by atoms with Crippen LogP contribution in [0.1, 0.15) is 253 Å². The van der Waals surface area contributed by atoms with Crippen LogP contribution in [0.3, 0.4) is 0 Å². The van der Waals surface area contributed by atoms with Gasteiger partial charge < -0.3 is 18.9 Å². The van der Waals surface area contributed by atoms with Crippen LogP contribution < -0.4 is 0 Å². The van der Waals surface area contributed by atoms with Crippen LogP contribution in [-0.4, -0.2) is 84.3 Å². The van der Waals surface area contributed by atoms with Gasteiger partial charge in [-0.3, -0.25) is 29.0 Å². The number of carbonyl (C=O) groups excluding carboxylic acids is 6. The van der Waals surface area contributed by atoms with Crippen molar-refractivity contribution in [1.82, 2.24) is 9.80 Å². The van der Waals surface area contributed by atoms with Gasteiger partial charge in [0.25, 0.3) is 23.6 Å². The van der Waals surface area contributed by atoms with E-state index in [2.05, 4.69) is 83.1 Å². The molecule has 12 heteroatoms. The second-order valence-corrected chi connectivity index (χ2v) is 27.4. The Morgan fingerprint density at radius 2 is 0.583 bits per heavy atom. The van der Waals surface area contributed by atoms with Crippen LogP contribution in [0.15, 0.2) is 48.5 Å². The van der Waals surface area contributed by atoms with Gasteiger partial charge in [0.05, 0.1) is 13.1 Å². The first-order chi connectivity index (χ1) is 40.1. The zero-order valence-electron chi connectivity index (χ0n) is 53.3. The molecular formula is C72H102N2O10. The molecule has 12 nitrogen and oxygen atoms in total. The fourth-order valence-electron chi connectivity index (χ4n) is 13.0. The average Bonchev–Trinajstić information content (AvgIpc) is 0.813. The predicted octanol–water partition coefficient (Wildman–Crippen LogP) is 18.9. The van der Waals surface area contributed by atoms with Gasteiger partial charge >= 0.3 is 12.3 Å². The Hall–Kier alpha value is -5.78. The lowest BCUT2D eigenvalue weighted by Gasteiger charge is -2.30. The van der Waals surface area contributed by atoms with Crippen LogP contribution in [0, 0.1) is 47.3 Å². The van der Waals surface area contributed by atoms with E-state index in [0.29, 0.717) is 80.4 Å². The zero-order valence-corrected chi connectivity index (χ0v) is 53.3. The Kier molecular flexibility index (Phi) is 24.3. The molecule has 2 aliphatic heterocycles. The summed E-state index contributed by atoms with van der Waals surface area (Å²) in [7, 11) is 0. The molecule has 0 unspecified atom stereocenters. The fourth-order valence-corrected chi connectivity index (χ4v) is 13.0. The van der Waals surface area contributed by atoms with E-state index in [1.165, 1.54) is 51.4 Å². The summed E-state index contributed by atoms with van der Waals surface area (Å²) in [5, 5.41) is 5.67. The van der Waals surface area contributed by atoms with E-state index in [-0.39, 0.29) is 38.5 Å². The molecular weight excluding hydrogens is 1050 g/mol. The number of ether oxygens (including phenoxy) is 4. The number of hydrogen-bond donors (Lipinski definition) is 0. The highest BCUT2D eigenvalue weighted by atomic mass is 16.7. The van der Waals surface area contributed by atoms with Gasteiger partial charge in [0.15, 0.2) is 0 Å². The molecule has 5 aromatic carbocycles. The second kappa shape index (κ2) is 31.0. The first-order valence-electron chi connectivity index (χ1n) is 32.7. The number of nitrogens with zero attached hydrogens (tertiary/aromatic N) is 2. The van der Waals surface area contributed by atoms with Crippen molar-refractivity contribution in [2.75, 3.05) is 26.3 Å². The van der Waals surface area contributed by atoms with Crippen LogP contribution in [0.4, 0.5) is 9.59 Å². The van der Waals surface area contributed by atoms with Crippen molar-refractivity contribution < 1.29 is 47.7 Å². The number of imide groups is 2. The molecule has 0 saturated heterocycles. The van der Waals surface area contributed by atoms with Crippen molar-refractivity contribution in [1.29, 1.82) is 0 Å². The monoisotopic (exact) mass is 1150 g/mol. The minimum Gasteiger partial charge on any atom is -0.432 e. The Morgan fingerprint density at radius 3 is 0.821 bits per heavy atom. The van der Waals surface area contributed by atoms with Gasteiger partial charge in [-0.05, 0) is 155 Å². The smallest absolute Gasteiger partial charge is 0.432 e.